The van der Waals surface area contributed by atoms with E-state index in [-0.39, 0.29) is 5.78 Å². The number of hydrogen-bond donors (Lipinski definition) is 0. The van der Waals surface area contributed by atoms with Gasteiger partial charge in [0, 0.05) is 19.3 Å². The molecule has 0 unspecified atom stereocenters. The van der Waals surface area contributed by atoms with Crippen LogP contribution in [0.15, 0.2) is 0 Å². The minimum Gasteiger partial charge on any atom is -0.300 e. The van der Waals surface area contributed by atoms with Crippen LogP contribution in [-0.4, -0.2) is 5.78 Å². The lowest BCUT2D eigenvalue weighted by molar-refractivity contribution is -0.119. The normalized spacial score (nSPS) is 9.09. The molecule has 0 atom stereocenters. The average Bonchev–Trinajstić information content (AvgIpc) is 2.01. The first-order valence-electron chi connectivity index (χ1n) is 4.20. The Kier molecular flexibility index (Phi) is 6.71. The molecule has 0 bridgehead atoms. The number of rotatable bonds is 6. The number of carbonyl (C=O) groups is 1. The molecule has 62 valence electrons. The van der Waals surface area contributed by atoms with E-state index in [0.29, 0.717) is 19.3 Å². The van der Waals surface area contributed by atoms with Crippen LogP contribution in [0.5, 0.6) is 0 Å². The zero-order chi connectivity index (χ0) is 8.53. The lowest BCUT2D eigenvalue weighted by Gasteiger charge is -1.95. The summed E-state index contributed by atoms with van der Waals surface area (Å²) in [5.41, 5.74) is 0. The highest BCUT2D eigenvalue weighted by atomic mass is 16.1. The minimum absolute atomic E-state index is 0.236. The predicted molar refractivity (Wildman–Crippen MR) is 44.0 cm³/mol. The first-order chi connectivity index (χ1) is 5.31. The van der Waals surface area contributed by atoms with Crippen LogP contribution >= 0.6 is 0 Å². The van der Waals surface area contributed by atoms with Gasteiger partial charge in [-0.25, -0.2) is 0 Å². The Bertz CT molecular complexity index is 146. The van der Waals surface area contributed by atoms with E-state index in [1.807, 2.05) is 6.07 Å². The molecule has 0 aromatic carbocycles. The number of ketones is 1. The van der Waals surface area contributed by atoms with Crippen molar-refractivity contribution in [2.75, 3.05) is 0 Å². The lowest BCUT2D eigenvalue weighted by atomic mass is 10.1. The molecule has 0 fully saturated rings. The number of hydrogen-bond acceptors (Lipinski definition) is 2. The maximum Gasteiger partial charge on any atom is 0.133 e. The second-order valence-corrected chi connectivity index (χ2v) is 2.65. The monoisotopic (exact) mass is 153 g/mol. The van der Waals surface area contributed by atoms with Gasteiger partial charge in [-0.1, -0.05) is 19.8 Å². The van der Waals surface area contributed by atoms with E-state index >= 15 is 0 Å². The molecule has 11 heavy (non-hydrogen) atoms. The smallest absolute Gasteiger partial charge is 0.133 e. The summed E-state index contributed by atoms with van der Waals surface area (Å²) in [6.07, 6.45) is 4.74. The van der Waals surface area contributed by atoms with Gasteiger partial charge in [0.15, 0.2) is 0 Å². The highest BCUT2D eigenvalue weighted by Crippen LogP contribution is 2.02. The third-order valence-electron chi connectivity index (χ3n) is 1.57. The fraction of sp³-hybridized carbons (Fsp3) is 0.778. The fourth-order valence-electron chi connectivity index (χ4n) is 0.892. The Morgan fingerprint density at radius 3 is 2.64 bits per heavy atom. The number of nitrogens with zero attached hydrogens (tertiary/aromatic N) is 1. The molecular weight excluding hydrogens is 138 g/mol. The molecule has 0 radical (unpaired) electrons. The van der Waals surface area contributed by atoms with Crippen molar-refractivity contribution in [3.05, 3.63) is 0 Å². The Balaban J connectivity index is 3.17. The van der Waals surface area contributed by atoms with Crippen LogP contribution in [-0.2, 0) is 4.79 Å². The van der Waals surface area contributed by atoms with E-state index in [1.54, 1.807) is 0 Å². The van der Waals surface area contributed by atoms with Crippen molar-refractivity contribution < 1.29 is 4.79 Å². The Morgan fingerprint density at radius 2 is 2.09 bits per heavy atom. The maximum atomic E-state index is 10.9. The van der Waals surface area contributed by atoms with Crippen LogP contribution in [0.2, 0.25) is 0 Å². The molecule has 0 aromatic rings. The number of unbranched alkanes of at least 4 members (excludes halogenated alkanes) is 2. The molecule has 0 saturated carbocycles. The summed E-state index contributed by atoms with van der Waals surface area (Å²) in [4.78, 5) is 10.9. The van der Waals surface area contributed by atoms with Crippen LogP contribution in [0.4, 0.5) is 0 Å². The van der Waals surface area contributed by atoms with Crippen molar-refractivity contribution in [1.29, 1.82) is 5.26 Å². The van der Waals surface area contributed by atoms with Crippen LogP contribution in [0.1, 0.15) is 45.4 Å². The Hall–Kier alpha value is -0.840. The highest BCUT2D eigenvalue weighted by molar-refractivity contribution is 5.78. The van der Waals surface area contributed by atoms with Crippen molar-refractivity contribution in [3.8, 4) is 6.07 Å². The summed E-state index contributed by atoms with van der Waals surface area (Å²) in [7, 11) is 0. The second-order valence-electron chi connectivity index (χ2n) is 2.65. The van der Waals surface area contributed by atoms with Gasteiger partial charge in [-0.15, -0.1) is 0 Å². The van der Waals surface area contributed by atoms with E-state index in [9.17, 15) is 4.79 Å². The fourth-order valence-corrected chi connectivity index (χ4v) is 0.892. The molecule has 0 aliphatic carbocycles. The average molecular weight is 153 g/mol. The molecule has 0 amide bonds. The predicted octanol–water partition coefficient (Wildman–Crippen LogP) is 2.44. The molecule has 0 aliphatic rings. The molecule has 2 heteroatoms. The van der Waals surface area contributed by atoms with E-state index in [1.165, 1.54) is 0 Å². The summed E-state index contributed by atoms with van der Waals surface area (Å²) in [5, 5.41) is 8.18. The van der Waals surface area contributed by atoms with Crippen molar-refractivity contribution in [3.63, 3.8) is 0 Å². The summed E-state index contributed by atoms with van der Waals surface area (Å²) >= 11 is 0. The second kappa shape index (κ2) is 7.27. The first-order valence-corrected chi connectivity index (χ1v) is 4.20. The summed E-state index contributed by atoms with van der Waals surface area (Å²) in [6, 6.07) is 1.97. The van der Waals surface area contributed by atoms with Crippen molar-refractivity contribution in [2.45, 2.75) is 45.4 Å². The SMILES string of the molecule is CCCCCC(=O)CCC#N. The quantitative estimate of drug-likeness (QED) is 0.550. The molecule has 0 heterocycles. The minimum atomic E-state index is 0.236. The number of nitriles is 1. The molecule has 0 aliphatic heterocycles. The molecule has 2 nitrogen and oxygen atoms in total. The molecule has 0 rings (SSSR count). The zero-order valence-corrected chi connectivity index (χ0v) is 7.10. The summed E-state index contributed by atoms with van der Waals surface area (Å²) in [5.74, 6) is 0.236. The third-order valence-corrected chi connectivity index (χ3v) is 1.57. The van der Waals surface area contributed by atoms with Gasteiger partial charge in [0.1, 0.15) is 5.78 Å². The molecule has 0 aromatic heterocycles. The van der Waals surface area contributed by atoms with Crippen LogP contribution in [0.3, 0.4) is 0 Å². The van der Waals surface area contributed by atoms with Gasteiger partial charge in [-0.05, 0) is 6.42 Å². The van der Waals surface area contributed by atoms with Gasteiger partial charge in [0.2, 0.25) is 0 Å². The van der Waals surface area contributed by atoms with Crippen LogP contribution in [0, 0.1) is 11.3 Å². The molecule has 0 N–H and O–H groups in total. The maximum absolute atomic E-state index is 10.9. The van der Waals surface area contributed by atoms with Gasteiger partial charge < -0.3 is 0 Å². The van der Waals surface area contributed by atoms with Crippen LogP contribution in [0.25, 0.3) is 0 Å². The van der Waals surface area contributed by atoms with Gasteiger partial charge in [0.25, 0.3) is 0 Å². The molecule has 0 spiro atoms. The van der Waals surface area contributed by atoms with Crippen molar-refractivity contribution in [2.24, 2.45) is 0 Å². The largest absolute Gasteiger partial charge is 0.300 e. The van der Waals surface area contributed by atoms with Gasteiger partial charge in [0.05, 0.1) is 6.07 Å². The topological polar surface area (TPSA) is 40.9 Å². The van der Waals surface area contributed by atoms with E-state index < -0.39 is 0 Å². The van der Waals surface area contributed by atoms with Crippen molar-refractivity contribution >= 4 is 5.78 Å². The third kappa shape index (κ3) is 7.05. The summed E-state index contributed by atoms with van der Waals surface area (Å²) < 4.78 is 0. The van der Waals surface area contributed by atoms with Gasteiger partial charge >= 0.3 is 0 Å². The summed E-state index contributed by atoms with van der Waals surface area (Å²) in [6.45, 7) is 2.11. The highest BCUT2D eigenvalue weighted by Gasteiger charge is 1.99. The van der Waals surface area contributed by atoms with Gasteiger partial charge in [-0.2, -0.15) is 5.26 Å². The standard InChI is InChI=1S/C9H15NO/c1-2-3-4-6-9(11)7-5-8-10/h2-7H2,1H3. The van der Waals surface area contributed by atoms with E-state index in [2.05, 4.69) is 6.92 Å². The van der Waals surface area contributed by atoms with Crippen molar-refractivity contribution in [1.82, 2.24) is 0 Å². The Morgan fingerprint density at radius 1 is 1.36 bits per heavy atom. The molecular formula is C9H15NO. The lowest BCUT2D eigenvalue weighted by Crippen LogP contribution is -1.96. The number of carbonyl (C=O) groups excluding carboxylic acids is 1. The number of Topliss-reactive ketones (excluding diaryl/α,β-unsaturated/α-hetero) is 1. The van der Waals surface area contributed by atoms with E-state index in [4.69, 9.17) is 5.26 Å². The Labute approximate surface area is 68.2 Å². The van der Waals surface area contributed by atoms with E-state index in [0.717, 1.165) is 19.3 Å². The molecule has 0 saturated heterocycles. The first kappa shape index (κ1) is 10.2. The van der Waals surface area contributed by atoms with Gasteiger partial charge in [-0.3, -0.25) is 4.79 Å². The van der Waals surface area contributed by atoms with Crippen LogP contribution < -0.4 is 0 Å². The zero-order valence-electron chi connectivity index (χ0n) is 7.10.